The largest absolute Gasteiger partial charge is 0.370 e. The van der Waals surface area contributed by atoms with Crippen molar-refractivity contribution < 1.29 is 4.39 Å². The molecule has 3 rings (SSSR count). The molecular weight excluding hydrogens is 494 g/mol. The average molecular weight is 519 g/mol. The summed E-state index contributed by atoms with van der Waals surface area (Å²) in [5, 5.41) is 0.408. The number of piperazine rings is 1. The molecule has 6 nitrogen and oxygen atoms in total. The van der Waals surface area contributed by atoms with E-state index in [2.05, 4.69) is 24.8 Å². The van der Waals surface area contributed by atoms with Crippen LogP contribution in [0.2, 0.25) is 5.02 Å². The van der Waals surface area contributed by atoms with E-state index in [0.717, 1.165) is 37.7 Å². The summed E-state index contributed by atoms with van der Waals surface area (Å²) in [6.45, 7) is 7.59. The molecule has 0 saturated carbocycles. The highest BCUT2D eigenvalue weighted by molar-refractivity contribution is 14.0. The molecule has 0 amide bonds. The monoisotopic (exact) mass is 518 g/mol. The summed E-state index contributed by atoms with van der Waals surface area (Å²) < 4.78 is 13.3. The number of nitrogens with two attached hydrogens (primary N) is 1. The molecule has 9 heteroatoms. The molecule has 0 radical (unpaired) electrons. The molecule has 1 aromatic carbocycles. The first-order valence-electron chi connectivity index (χ1n) is 8.89. The Bertz CT molecular complexity index is 809. The lowest BCUT2D eigenvalue weighted by molar-refractivity contribution is 0.376. The van der Waals surface area contributed by atoms with E-state index >= 15 is 0 Å². The summed E-state index contributed by atoms with van der Waals surface area (Å²) in [6, 6.07) is 6.26. The Morgan fingerprint density at radius 1 is 1.21 bits per heavy atom. The predicted octanol–water partition coefficient (Wildman–Crippen LogP) is 3.30. The van der Waals surface area contributed by atoms with Gasteiger partial charge in [0.25, 0.3) is 0 Å². The van der Waals surface area contributed by atoms with Crippen LogP contribution in [0, 0.1) is 5.82 Å². The number of guanidine groups is 1. The Morgan fingerprint density at radius 2 is 1.86 bits per heavy atom. The van der Waals surface area contributed by atoms with E-state index in [-0.39, 0.29) is 35.2 Å². The van der Waals surface area contributed by atoms with Crippen molar-refractivity contribution in [2.75, 3.05) is 37.6 Å². The van der Waals surface area contributed by atoms with Gasteiger partial charge in [0.1, 0.15) is 5.82 Å². The average Bonchev–Trinajstić information content (AvgIpc) is 2.67. The minimum absolute atomic E-state index is 0. The van der Waals surface area contributed by atoms with Gasteiger partial charge in [0.15, 0.2) is 5.96 Å². The SMILES string of the molecule is CC(C)(CN=C(N)N1CCN(c2ncccn2)CC1)c1ccc(F)cc1Cl.I. The van der Waals surface area contributed by atoms with E-state index in [4.69, 9.17) is 17.3 Å². The molecule has 1 aliphatic heterocycles. The van der Waals surface area contributed by atoms with Crippen LogP contribution >= 0.6 is 35.6 Å². The number of rotatable bonds is 4. The van der Waals surface area contributed by atoms with Crippen LogP contribution < -0.4 is 10.6 Å². The first kappa shape index (κ1) is 22.6. The van der Waals surface area contributed by atoms with Crippen LogP contribution in [-0.2, 0) is 5.41 Å². The fourth-order valence-electron chi connectivity index (χ4n) is 3.09. The maximum Gasteiger partial charge on any atom is 0.225 e. The number of hydrogen-bond acceptors (Lipinski definition) is 4. The first-order valence-corrected chi connectivity index (χ1v) is 9.27. The van der Waals surface area contributed by atoms with E-state index in [1.807, 2.05) is 13.8 Å². The van der Waals surface area contributed by atoms with Crippen LogP contribution in [0.25, 0.3) is 0 Å². The molecule has 152 valence electrons. The number of aliphatic imine (C=N–C) groups is 1. The summed E-state index contributed by atoms with van der Waals surface area (Å²) in [5.41, 5.74) is 6.72. The van der Waals surface area contributed by atoms with Gasteiger partial charge in [-0.3, -0.25) is 4.99 Å². The third-order valence-corrected chi connectivity index (χ3v) is 5.05. The zero-order chi connectivity index (χ0) is 19.4. The minimum atomic E-state index is -0.352. The Morgan fingerprint density at radius 3 is 2.46 bits per heavy atom. The number of halogens is 3. The second-order valence-electron chi connectivity index (χ2n) is 7.21. The molecule has 0 atom stereocenters. The first-order chi connectivity index (χ1) is 12.9. The molecule has 0 aliphatic carbocycles. The van der Waals surface area contributed by atoms with Crippen LogP contribution in [0.3, 0.4) is 0 Å². The highest BCUT2D eigenvalue weighted by atomic mass is 127. The van der Waals surface area contributed by atoms with Crippen molar-refractivity contribution >= 4 is 47.5 Å². The maximum atomic E-state index is 13.3. The van der Waals surface area contributed by atoms with E-state index < -0.39 is 0 Å². The van der Waals surface area contributed by atoms with Crippen LogP contribution in [-0.4, -0.2) is 53.6 Å². The van der Waals surface area contributed by atoms with Gasteiger partial charge >= 0.3 is 0 Å². The van der Waals surface area contributed by atoms with Crippen molar-refractivity contribution in [2.24, 2.45) is 10.7 Å². The van der Waals surface area contributed by atoms with E-state index in [1.165, 1.54) is 12.1 Å². The summed E-state index contributed by atoms with van der Waals surface area (Å²) in [6.07, 6.45) is 3.49. The molecule has 28 heavy (non-hydrogen) atoms. The topological polar surface area (TPSA) is 70.6 Å². The quantitative estimate of drug-likeness (QED) is 0.382. The predicted molar refractivity (Wildman–Crippen MR) is 122 cm³/mol. The lowest BCUT2D eigenvalue weighted by atomic mass is 9.84. The number of aromatic nitrogens is 2. The van der Waals surface area contributed by atoms with Crippen molar-refractivity contribution in [2.45, 2.75) is 19.3 Å². The lowest BCUT2D eigenvalue weighted by Gasteiger charge is -2.35. The molecule has 1 aliphatic rings. The Labute approximate surface area is 187 Å². The number of benzene rings is 1. The molecule has 0 unspecified atom stereocenters. The second kappa shape index (κ2) is 9.69. The molecule has 0 spiro atoms. The molecule has 2 N–H and O–H groups in total. The third-order valence-electron chi connectivity index (χ3n) is 4.74. The van der Waals surface area contributed by atoms with Gasteiger partial charge in [0.05, 0.1) is 6.54 Å². The van der Waals surface area contributed by atoms with Crippen molar-refractivity contribution in [3.8, 4) is 0 Å². The minimum Gasteiger partial charge on any atom is -0.370 e. The van der Waals surface area contributed by atoms with Gasteiger partial charge < -0.3 is 15.5 Å². The van der Waals surface area contributed by atoms with Gasteiger partial charge in [-0.1, -0.05) is 31.5 Å². The van der Waals surface area contributed by atoms with Gasteiger partial charge in [-0.25, -0.2) is 14.4 Å². The van der Waals surface area contributed by atoms with Crippen LogP contribution in [0.1, 0.15) is 19.4 Å². The normalized spacial score (nSPS) is 15.4. The molecule has 2 heterocycles. The van der Waals surface area contributed by atoms with Crippen molar-refractivity contribution in [3.63, 3.8) is 0 Å². The number of anilines is 1. The number of nitrogens with zero attached hydrogens (tertiary/aromatic N) is 5. The van der Waals surface area contributed by atoms with Crippen LogP contribution in [0.15, 0.2) is 41.7 Å². The number of hydrogen-bond donors (Lipinski definition) is 1. The molecule has 2 aromatic rings. The summed E-state index contributed by atoms with van der Waals surface area (Å²) in [4.78, 5) is 17.3. The van der Waals surface area contributed by atoms with E-state index in [0.29, 0.717) is 17.5 Å². The van der Waals surface area contributed by atoms with E-state index in [1.54, 1.807) is 24.5 Å². The molecule has 1 aromatic heterocycles. The zero-order valence-electron chi connectivity index (χ0n) is 16.0. The maximum absolute atomic E-state index is 13.3. The third kappa shape index (κ3) is 5.44. The summed E-state index contributed by atoms with van der Waals surface area (Å²) in [5.74, 6) is 0.900. The van der Waals surface area contributed by atoms with E-state index in [9.17, 15) is 4.39 Å². The molecule has 1 fully saturated rings. The van der Waals surface area contributed by atoms with Gasteiger partial charge in [0, 0.05) is 49.0 Å². The van der Waals surface area contributed by atoms with Crippen molar-refractivity contribution in [1.82, 2.24) is 14.9 Å². The van der Waals surface area contributed by atoms with Crippen LogP contribution in [0.4, 0.5) is 10.3 Å². The van der Waals surface area contributed by atoms with Crippen molar-refractivity contribution in [3.05, 3.63) is 53.1 Å². The van der Waals surface area contributed by atoms with Gasteiger partial charge in [-0.15, -0.1) is 24.0 Å². The summed E-state index contributed by atoms with van der Waals surface area (Å²) in [7, 11) is 0. The Hall–Kier alpha value is -1.68. The van der Waals surface area contributed by atoms with Gasteiger partial charge in [-0.2, -0.15) is 0 Å². The van der Waals surface area contributed by atoms with Crippen LogP contribution in [0.5, 0.6) is 0 Å². The highest BCUT2D eigenvalue weighted by Gasteiger charge is 2.25. The van der Waals surface area contributed by atoms with Gasteiger partial charge in [0.2, 0.25) is 5.95 Å². The fraction of sp³-hybridized carbons (Fsp3) is 0.421. The molecule has 1 saturated heterocycles. The Kier molecular flexibility index (Phi) is 7.82. The fourth-order valence-corrected chi connectivity index (χ4v) is 3.52. The van der Waals surface area contributed by atoms with Crippen molar-refractivity contribution in [1.29, 1.82) is 0 Å². The lowest BCUT2D eigenvalue weighted by Crippen LogP contribution is -2.51. The van der Waals surface area contributed by atoms with Gasteiger partial charge in [-0.05, 0) is 23.8 Å². The zero-order valence-corrected chi connectivity index (χ0v) is 19.1. The highest BCUT2D eigenvalue weighted by Crippen LogP contribution is 2.30. The second-order valence-corrected chi connectivity index (χ2v) is 7.61. The molecule has 0 bridgehead atoms. The smallest absolute Gasteiger partial charge is 0.225 e. The summed E-state index contributed by atoms with van der Waals surface area (Å²) >= 11 is 6.20. The molecular formula is C19H25ClFIN6. The Balaban J connectivity index is 0.00000280. The standard InChI is InChI=1S/C19H24ClFN6.HI/c1-19(2,15-5-4-14(21)12-16(15)20)13-25-17(22)26-8-10-27(11-9-26)18-23-6-3-7-24-18;/h3-7,12H,8-11,13H2,1-2H3,(H2,22,25);1H.